The average molecular weight is 200 g/mol. The average Bonchev–Trinajstić information content (AvgIpc) is 1.83. The third-order valence-corrected chi connectivity index (χ3v) is 5.56. The zero-order valence-electron chi connectivity index (χ0n) is 7.26. The molecule has 0 heterocycles. The maximum Gasteiger partial charge on any atom is 0.424 e. The fraction of sp³-hybridized carbons (Fsp3) is 1.00. The smallest absolute Gasteiger partial charge is 0.314 e. The van der Waals surface area contributed by atoms with Gasteiger partial charge in [0.05, 0.1) is 0 Å². The molecule has 0 fully saturated rings. The van der Waals surface area contributed by atoms with Crippen LogP contribution in [0.2, 0.25) is 31.2 Å². The molecule has 0 aromatic heterocycles. The van der Waals surface area contributed by atoms with E-state index in [0.717, 1.165) is 0 Å². The first kappa shape index (κ1) is 11.2. The summed E-state index contributed by atoms with van der Waals surface area (Å²) < 4.78 is 38.2. The largest absolute Gasteiger partial charge is 0.424 e. The lowest BCUT2D eigenvalue weighted by Crippen LogP contribution is -2.26. The Hall–Kier alpha value is 0.224. The van der Waals surface area contributed by atoms with Crippen molar-refractivity contribution in [1.82, 2.24) is 0 Å². The lowest BCUT2D eigenvalue weighted by atomic mass is 10.9. The van der Waals surface area contributed by atoms with Crippen LogP contribution in [0.15, 0.2) is 0 Å². The summed E-state index contributed by atoms with van der Waals surface area (Å²) in [6.45, 7) is 4.44. The topological polar surface area (TPSA) is 0 Å². The van der Waals surface area contributed by atoms with Crippen LogP contribution in [0.4, 0.5) is 12.3 Å². The van der Waals surface area contributed by atoms with E-state index < -0.39 is 17.1 Å². The maximum absolute atomic E-state index is 12.9. The quantitative estimate of drug-likeness (QED) is 0.481. The Morgan fingerprint density at radius 1 is 1.00 bits per heavy atom. The molecule has 0 aliphatic heterocycles. The van der Waals surface area contributed by atoms with Crippen molar-refractivity contribution >= 4 is 17.1 Å². The highest BCUT2D eigenvalue weighted by Crippen LogP contribution is 2.25. The van der Waals surface area contributed by atoms with Crippen LogP contribution in [0.5, 0.6) is 0 Å². The third-order valence-electron chi connectivity index (χ3n) is 1.60. The third kappa shape index (κ3) is 6.62. The fourth-order valence-corrected chi connectivity index (χ4v) is 4.85. The van der Waals surface area contributed by atoms with Crippen molar-refractivity contribution in [3.63, 3.8) is 0 Å². The minimum absolute atomic E-state index is 0.0442. The molecular formula is C6H15F3Si2. The van der Waals surface area contributed by atoms with Gasteiger partial charge in [-0.1, -0.05) is 6.92 Å². The van der Waals surface area contributed by atoms with Crippen molar-refractivity contribution in [2.24, 2.45) is 0 Å². The molecule has 0 atom stereocenters. The molecule has 68 valence electrons. The second kappa shape index (κ2) is 3.75. The highest BCUT2D eigenvalue weighted by molar-refractivity contribution is 6.74. The molecule has 0 rings (SSSR count). The first-order valence-corrected chi connectivity index (χ1v) is 9.09. The molecule has 0 saturated heterocycles. The van der Waals surface area contributed by atoms with Gasteiger partial charge >= 0.3 is 8.74 Å². The molecule has 0 amide bonds. The van der Waals surface area contributed by atoms with Crippen molar-refractivity contribution in [1.29, 1.82) is 0 Å². The minimum atomic E-state index is -3.99. The summed E-state index contributed by atoms with van der Waals surface area (Å²) in [7, 11) is -6.72. The van der Waals surface area contributed by atoms with Gasteiger partial charge in [-0.2, -0.15) is 0 Å². The number of hydrogen-bond donors (Lipinski definition) is 0. The van der Waals surface area contributed by atoms with Gasteiger partial charge in [-0.25, -0.2) is 0 Å². The van der Waals surface area contributed by atoms with Gasteiger partial charge in [-0.15, -0.1) is 0 Å². The number of hydrogen-bond acceptors (Lipinski definition) is 0. The normalized spacial score (nSPS) is 13.6. The Bertz CT molecular complexity index is 119. The van der Waals surface area contributed by atoms with Crippen molar-refractivity contribution in [3.05, 3.63) is 0 Å². The Balaban J connectivity index is 3.70. The molecule has 0 N–H and O–H groups in total. The molecule has 0 aliphatic rings. The predicted octanol–water partition coefficient (Wildman–Crippen LogP) is 3.56. The number of halogens is 3. The molecule has 0 aliphatic carbocycles. The van der Waals surface area contributed by atoms with Crippen molar-refractivity contribution in [3.8, 4) is 0 Å². The second-order valence-corrected chi connectivity index (χ2v) is 10.3. The van der Waals surface area contributed by atoms with Crippen LogP contribution >= 0.6 is 0 Å². The Morgan fingerprint density at radius 3 is 1.73 bits per heavy atom. The van der Waals surface area contributed by atoms with Crippen molar-refractivity contribution in [2.75, 3.05) is 0 Å². The molecule has 0 spiro atoms. The molecule has 11 heavy (non-hydrogen) atoms. The lowest BCUT2D eigenvalue weighted by Gasteiger charge is -2.14. The zero-order valence-corrected chi connectivity index (χ0v) is 9.26. The van der Waals surface area contributed by atoms with Gasteiger partial charge in [0, 0.05) is 0 Å². The van der Waals surface area contributed by atoms with E-state index in [1.54, 1.807) is 0 Å². The minimum Gasteiger partial charge on any atom is -0.314 e. The first-order chi connectivity index (χ1) is 4.77. The SMILES string of the molecule is CC[Si](F)(F)CC[Si](C)(C)F. The lowest BCUT2D eigenvalue weighted by molar-refractivity contribution is 0.592. The summed E-state index contributed by atoms with van der Waals surface area (Å²) in [5.74, 6) is 0. The van der Waals surface area contributed by atoms with E-state index >= 15 is 0 Å². The molecule has 0 aromatic rings. The van der Waals surface area contributed by atoms with E-state index in [2.05, 4.69) is 0 Å². The van der Waals surface area contributed by atoms with Gasteiger partial charge in [0.2, 0.25) is 8.41 Å². The molecule has 0 aromatic carbocycles. The summed E-state index contributed by atoms with van der Waals surface area (Å²) in [5.41, 5.74) is 0. The van der Waals surface area contributed by atoms with E-state index in [-0.39, 0.29) is 18.1 Å². The molecular weight excluding hydrogens is 185 g/mol. The zero-order chi connectivity index (χ0) is 9.12. The van der Waals surface area contributed by atoms with Gasteiger partial charge in [0.15, 0.2) is 0 Å². The highest BCUT2D eigenvalue weighted by Gasteiger charge is 2.35. The summed E-state index contributed by atoms with van der Waals surface area (Å²) >= 11 is 0. The van der Waals surface area contributed by atoms with E-state index in [1.165, 1.54) is 20.0 Å². The van der Waals surface area contributed by atoms with Gasteiger partial charge in [0.1, 0.15) is 0 Å². The fourth-order valence-electron chi connectivity index (χ4n) is 0.657. The van der Waals surface area contributed by atoms with E-state index in [4.69, 9.17) is 0 Å². The summed E-state index contributed by atoms with van der Waals surface area (Å²) in [6, 6.07) is -0.0727. The van der Waals surface area contributed by atoms with Crippen LogP contribution in [0.25, 0.3) is 0 Å². The monoisotopic (exact) mass is 200 g/mol. The van der Waals surface area contributed by atoms with Crippen LogP contribution < -0.4 is 0 Å². The molecule has 0 bridgehead atoms. The van der Waals surface area contributed by atoms with E-state index in [0.29, 0.717) is 0 Å². The number of rotatable bonds is 4. The molecule has 5 heteroatoms. The van der Waals surface area contributed by atoms with Crippen LogP contribution in [-0.4, -0.2) is 17.1 Å². The standard InChI is InChI=1S/C6H15F3Si2/c1-4-11(8,9)6-5-10(2,3)7/h4-6H2,1-3H3. The molecule has 0 unspecified atom stereocenters. The Kier molecular flexibility index (Phi) is 3.83. The summed E-state index contributed by atoms with van der Waals surface area (Å²) in [6.07, 6.45) is 0. The summed E-state index contributed by atoms with van der Waals surface area (Å²) in [5, 5.41) is 0. The van der Waals surface area contributed by atoms with E-state index in [1.807, 2.05) is 0 Å². The van der Waals surface area contributed by atoms with Crippen molar-refractivity contribution in [2.45, 2.75) is 38.2 Å². The van der Waals surface area contributed by atoms with Gasteiger partial charge in [-0.3, -0.25) is 8.22 Å². The maximum atomic E-state index is 12.9. The molecule has 0 radical (unpaired) electrons. The van der Waals surface area contributed by atoms with Crippen LogP contribution in [-0.2, 0) is 0 Å². The van der Waals surface area contributed by atoms with Gasteiger partial charge in [-0.05, 0) is 31.2 Å². The Morgan fingerprint density at radius 2 is 1.45 bits per heavy atom. The van der Waals surface area contributed by atoms with Crippen LogP contribution in [0, 0.1) is 0 Å². The van der Waals surface area contributed by atoms with Crippen LogP contribution in [0.3, 0.4) is 0 Å². The second-order valence-electron chi connectivity index (χ2n) is 3.43. The predicted molar refractivity (Wildman–Crippen MR) is 46.7 cm³/mol. The van der Waals surface area contributed by atoms with Gasteiger partial charge < -0.3 is 4.11 Å². The first-order valence-electron chi connectivity index (χ1n) is 3.83. The Labute approximate surface area is 68.3 Å². The van der Waals surface area contributed by atoms with Gasteiger partial charge in [0.25, 0.3) is 0 Å². The molecule has 0 nitrogen and oxygen atoms in total. The highest BCUT2D eigenvalue weighted by atomic mass is 28.4. The van der Waals surface area contributed by atoms with Crippen LogP contribution in [0.1, 0.15) is 6.92 Å². The molecule has 0 saturated carbocycles. The van der Waals surface area contributed by atoms with Crippen molar-refractivity contribution < 1.29 is 12.3 Å². The summed E-state index contributed by atoms with van der Waals surface area (Å²) in [4.78, 5) is 0. The van der Waals surface area contributed by atoms with E-state index in [9.17, 15) is 12.3 Å².